The van der Waals surface area contributed by atoms with Crippen molar-refractivity contribution in [2.45, 2.75) is 4.90 Å². The number of amides is 2. The fourth-order valence-corrected chi connectivity index (χ4v) is 4.56. The minimum atomic E-state index is -4.03. The second-order valence-corrected chi connectivity index (χ2v) is 8.10. The smallest absolute Gasteiger partial charge is 0.269 e. The van der Waals surface area contributed by atoms with E-state index in [9.17, 15) is 18.0 Å². The van der Waals surface area contributed by atoms with Crippen LogP contribution < -0.4 is 5.32 Å². The van der Waals surface area contributed by atoms with Crippen molar-refractivity contribution in [1.82, 2.24) is 14.1 Å². The monoisotopic (exact) mass is 396 g/mol. The third-order valence-electron chi connectivity index (χ3n) is 4.42. The van der Waals surface area contributed by atoms with Gasteiger partial charge in [-0.25, -0.2) is 12.7 Å². The van der Waals surface area contributed by atoms with E-state index in [1.807, 2.05) is 30.3 Å². The normalized spacial score (nSPS) is 14.8. The van der Waals surface area contributed by atoms with E-state index in [-0.39, 0.29) is 10.5 Å². The lowest BCUT2D eigenvalue weighted by Gasteiger charge is -2.14. The van der Waals surface area contributed by atoms with Crippen LogP contribution in [-0.4, -0.2) is 40.9 Å². The zero-order valence-corrected chi connectivity index (χ0v) is 15.7. The van der Waals surface area contributed by atoms with Gasteiger partial charge in [-0.05, 0) is 12.1 Å². The molecule has 0 bridgehead atoms. The molecule has 1 aromatic heterocycles. The first-order valence-electron chi connectivity index (χ1n) is 8.43. The largest absolute Gasteiger partial charge is 0.309 e. The van der Waals surface area contributed by atoms with Crippen LogP contribution in [0.15, 0.2) is 65.6 Å². The quantitative estimate of drug-likeness (QED) is 0.725. The fraction of sp³-hybridized carbons (Fsp3) is 0.105. The summed E-state index contributed by atoms with van der Waals surface area (Å²) in [5.74, 6) is -0.946. The molecule has 1 aliphatic rings. The highest BCUT2D eigenvalue weighted by Crippen LogP contribution is 2.29. The van der Waals surface area contributed by atoms with Crippen LogP contribution >= 0.6 is 0 Å². The van der Waals surface area contributed by atoms with E-state index < -0.39 is 28.4 Å². The summed E-state index contributed by atoms with van der Waals surface area (Å²) in [5.41, 5.74) is 1.62. The molecule has 9 heteroatoms. The summed E-state index contributed by atoms with van der Waals surface area (Å²) in [4.78, 5) is 24.8. The molecule has 1 N–H and O–H groups in total. The lowest BCUT2D eigenvalue weighted by atomic mass is 10.2. The molecule has 2 heterocycles. The van der Waals surface area contributed by atoms with E-state index in [2.05, 4.69) is 10.4 Å². The van der Waals surface area contributed by atoms with Gasteiger partial charge < -0.3 is 5.32 Å². The summed E-state index contributed by atoms with van der Waals surface area (Å²) in [6.07, 6.45) is 0. The van der Waals surface area contributed by atoms with E-state index in [0.717, 1.165) is 5.56 Å². The molecule has 0 saturated carbocycles. The van der Waals surface area contributed by atoms with Crippen LogP contribution in [-0.2, 0) is 21.9 Å². The Balaban J connectivity index is 1.53. The highest BCUT2D eigenvalue weighted by molar-refractivity contribution is 7.90. The zero-order chi connectivity index (χ0) is 19.9. The number of anilines is 1. The number of sulfonamides is 1. The number of hydrogen-bond donors (Lipinski definition) is 1. The first-order valence-corrected chi connectivity index (χ1v) is 9.87. The van der Waals surface area contributed by atoms with Crippen molar-refractivity contribution in [2.24, 2.45) is 7.05 Å². The molecule has 0 atom stereocenters. The van der Waals surface area contributed by atoms with Crippen LogP contribution in [0.5, 0.6) is 0 Å². The van der Waals surface area contributed by atoms with Gasteiger partial charge in [0, 0.05) is 18.7 Å². The Labute approximate surface area is 161 Å². The number of nitrogens with one attached hydrogen (secondary N) is 1. The molecule has 0 unspecified atom stereocenters. The number of aryl methyl sites for hydroxylation is 1. The molecule has 8 nitrogen and oxygen atoms in total. The number of rotatable bonds is 4. The maximum atomic E-state index is 12.5. The third-order valence-corrected chi connectivity index (χ3v) is 6.20. The van der Waals surface area contributed by atoms with E-state index in [0.29, 0.717) is 15.8 Å². The minimum absolute atomic E-state index is 0.0715. The highest BCUT2D eigenvalue weighted by Gasteiger charge is 2.41. The fourth-order valence-electron chi connectivity index (χ4n) is 3.03. The number of carbonyl (C=O) groups is 2. The zero-order valence-electron chi connectivity index (χ0n) is 14.9. The molecule has 28 heavy (non-hydrogen) atoms. The van der Waals surface area contributed by atoms with E-state index in [1.54, 1.807) is 19.2 Å². The standard InChI is InChI=1S/C19H16N4O4S/c1-22-17(11-15(21-22)13-7-3-2-4-8-13)20-18(24)12-23-19(25)14-9-5-6-10-16(14)28(23,26)27/h2-11H,12H2,1H3,(H,20,24). The predicted molar refractivity (Wildman–Crippen MR) is 102 cm³/mol. The number of benzene rings is 2. The summed E-state index contributed by atoms with van der Waals surface area (Å²) in [5, 5.41) is 6.96. The molecule has 0 radical (unpaired) electrons. The summed E-state index contributed by atoms with van der Waals surface area (Å²) in [7, 11) is -2.37. The van der Waals surface area contributed by atoms with Crippen LogP contribution in [0.3, 0.4) is 0 Å². The Morgan fingerprint density at radius 3 is 2.46 bits per heavy atom. The first-order chi connectivity index (χ1) is 13.4. The molecule has 142 valence electrons. The molecular formula is C19H16N4O4S. The third kappa shape index (κ3) is 2.95. The number of aromatic nitrogens is 2. The number of hydrogen-bond acceptors (Lipinski definition) is 5. The Hall–Kier alpha value is -3.46. The minimum Gasteiger partial charge on any atom is -0.309 e. The molecule has 2 aromatic carbocycles. The van der Waals surface area contributed by atoms with Crippen LogP contribution in [0.1, 0.15) is 10.4 Å². The summed E-state index contributed by atoms with van der Waals surface area (Å²) in [6.45, 7) is -0.609. The van der Waals surface area contributed by atoms with E-state index in [4.69, 9.17) is 0 Å². The number of carbonyl (C=O) groups excluding carboxylic acids is 2. The van der Waals surface area contributed by atoms with Gasteiger partial charge in [0.05, 0.1) is 11.3 Å². The van der Waals surface area contributed by atoms with Crippen LogP contribution in [0.2, 0.25) is 0 Å². The Bertz CT molecular complexity index is 1190. The molecule has 0 spiro atoms. The second kappa shape index (κ2) is 6.61. The van der Waals surface area contributed by atoms with Gasteiger partial charge in [0.2, 0.25) is 5.91 Å². The van der Waals surface area contributed by atoms with Crippen LogP contribution in [0, 0.1) is 0 Å². The van der Waals surface area contributed by atoms with Crippen molar-refractivity contribution < 1.29 is 18.0 Å². The predicted octanol–water partition coefficient (Wildman–Crippen LogP) is 1.87. The maximum absolute atomic E-state index is 12.5. The van der Waals surface area contributed by atoms with Crippen molar-refractivity contribution in [3.63, 3.8) is 0 Å². The number of nitrogens with zero attached hydrogens (tertiary/aromatic N) is 3. The topological polar surface area (TPSA) is 101 Å². The van der Waals surface area contributed by atoms with Gasteiger partial charge in [-0.1, -0.05) is 42.5 Å². The highest BCUT2D eigenvalue weighted by atomic mass is 32.2. The maximum Gasteiger partial charge on any atom is 0.269 e. The molecule has 0 saturated heterocycles. The Morgan fingerprint density at radius 2 is 1.75 bits per heavy atom. The lowest BCUT2D eigenvalue weighted by Crippen LogP contribution is -2.37. The Kier molecular flexibility index (Phi) is 4.23. The molecule has 0 fully saturated rings. The van der Waals surface area contributed by atoms with Gasteiger partial charge in [0.15, 0.2) is 0 Å². The second-order valence-electron chi connectivity index (χ2n) is 6.27. The van der Waals surface area contributed by atoms with Gasteiger partial charge in [0.25, 0.3) is 15.9 Å². The lowest BCUT2D eigenvalue weighted by molar-refractivity contribution is -0.116. The summed E-state index contributed by atoms with van der Waals surface area (Å²) in [6, 6.07) is 17.0. The molecule has 3 aromatic rings. The van der Waals surface area contributed by atoms with Crippen LogP contribution in [0.4, 0.5) is 5.82 Å². The molecular weight excluding hydrogens is 380 g/mol. The van der Waals surface area contributed by atoms with Crippen molar-refractivity contribution in [3.8, 4) is 11.3 Å². The van der Waals surface area contributed by atoms with Gasteiger partial charge in [-0.3, -0.25) is 14.3 Å². The van der Waals surface area contributed by atoms with Crippen molar-refractivity contribution in [3.05, 3.63) is 66.2 Å². The first kappa shape index (κ1) is 17.9. The van der Waals surface area contributed by atoms with Crippen molar-refractivity contribution >= 4 is 27.7 Å². The van der Waals surface area contributed by atoms with Crippen LogP contribution in [0.25, 0.3) is 11.3 Å². The average Bonchev–Trinajstić information content (AvgIpc) is 3.14. The Morgan fingerprint density at radius 1 is 1.07 bits per heavy atom. The molecule has 4 rings (SSSR count). The van der Waals surface area contributed by atoms with Gasteiger partial charge in [-0.2, -0.15) is 5.10 Å². The summed E-state index contributed by atoms with van der Waals surface area (Å²) < 4.78 is 27.2. The average molecular weight is 396 g/mol. The molecule has 0 aliphatic carbocycles. The van der Waals surface area contributed by atoms with Gasteiger partial charge in [-0.15, -0.1) is 0 Å². The molecule has 1 aliphatic heterocycles. The SMILES string of the molecule is Cn1nc(-c2ccccc2)cc1NC(=O)CN1C(=O)c2ccccc2S1(=O)=O. The number of fused-ring (bicyclic) bond motifs is 1. The molecule has 2 amide bonds. The van der Waals surface area contributed by atoms with Crippen molar-refractivity contribution in [1.29, 1.82) is 0 Å². The van der Waals surface area contributed by atoms with Crippen molar-refractivity contribution in [2.75, 3.05) is 11.9 Å². The van der Waals surface area contributed by atoms with Gasteiger partial charge in [0.1, 0.15) is 17.3 Å². The van der Waals surface area contributed by atoms with E-state index in [1.165, 1.54) is 22.9 Å². The van der Waals surface area contributed by atoms with Gasteiger partial charge >= 0.3 is 0 Å². The summed E-state index contributed by atoms with van der Waals surface area (Å²) >= 11 is 0. The van der Waals surface area contributed by atoms with E-state index >= 15 is 0 Å².